The van der Waals surface area contributed by atoms with E-state index < -0.39 is 0 Å². The van der Waals surface area contributed by atoms with Crippen LogP contribution in [0.25, 0.3) is 0 Å². The Morgan fingerprint density at radius 1 is 1.08 bits per heavy atom. The molecule has 2 nitrogen and oxygen atoms in total. The molecule has 0 atom stereocenters. The van der Waals surface area contributed by atoms with Gasteiger partial charge in [-0.2, -0.15) is 5.10 Å². The van der Waals surface area contributed by atoms with E-state index in [0.29, 0.717) is 0 Å². The molecule has 0 spiro atoms. The number of hydrogen-bond acceptors (Lipinski definition) is 2. The topological polar surface area (TPSA) is 15.6 Å². The minimum absolute atomic E-state index is 0.220. The summed E-state index contributed by atoms with van der Waals surface area (Å²) in [5.41, 5.74) is 0.220. The third-order valence-corrected chi connectivity index (χ3v) is 1.94. The molecule has 0 N–H and O–H groups in total. The molecular weight excluding hydrogens is 148 g/mol. The number of hydrazone groups is 1. The van der Waals surface area contributed by atoms with Crippen LogP contribution < -0.4 is 0 Å². The van der Waals surface area contributed by atoms with E-state index in [2.05, 4.69) is 37.1 Å². The van der Waals surface area contributed by atoms with Crippen LogP contribution in [0.1, 0.15) is 40.0 Å². The summed E-state index contributed by atoms with van der Waals surface area (Å²) in [5, 5.41) is 6.65. The summed E-state index contributed by atoms with van der Waals surface area (Å²) in [6, 6.07) is 0. The van der Waals surface area contributed by atoms with Crippen LogP contribution in [-0.4, -0.2) is 24.3 Å². The minimum atomic E-state index is 0.220. The molecule has 0 unspecified atom stereocenters. The Balaban J connectivity index is 2.33. The average Bonchev–Trinajstić information content (AvgIpc) is 2.02. The van der Waals surface area contributed by atoms with Crippen molar-refractivity contribution in [3.63, 3.8) is 0 Å². The number of rotatable bonds is 1. The molecular formula is C10H20N2. The van der Waals surface area contributed by atoms with Crippen LogP contribution in [-0.2, 0) is 0 Å². The van der Waals surface area contributed by atoms with E-state index in [1.54, 1.807) is 0 Å². The Kier molecular flexibility index (Phi) is 3.12. The molecule has 1 aliphatic heterocycles. The second-order valence-electron chi connectivity index (χ2n) is 4.62. The van der Waals surface area contributed by atoms with Crippen molar-refractivity contribution < 1.29 is 0 Å². The average molecular weight is 168 g/mol. The highest BCUT2D eigenvalue weighted by Crippen LogP contribution is 2.12. The lowest BCUT2D eigenvalue weighted by atomic mass is 9.99. The van der Waals surface area contributed by atoms with E-state index in [9.17, 15) is 0 Å². The molecule has 1 aliphatic rings. The van der Waals surface area contributed by atoms with E-state index >= 15 is 0 Å². The van der Waals surface area contributed by atoms with E-state index in [-0.39, 0.29) is 5.41 Å². The smallest absolute Gasteiger partial charge is 0.0360 e. The Morgan fingerprint density at radius 3 is 2.17 bits per heavy atom. The first-order chi connectivity index (χ1) is 5.58. The van der Waals surface area contributed by atoms with Gasteiger partial charge in [0, 0.05) is 19.3 Å². The lowest BCUT2D eigenvalue weighted by Crippen LogP contribution is -2.25. The molecule has 0 radical (unpaired) electrons. The maximum Gasteiger partial charge on any atom is 0.0360 e. The van der Waals surface area contributed by atoms with Crippen LogP contribution in [0.3, 0.4) is 0 Å². The third-order valence-electron chi connectivity index (χ3n) is 1.94. The predicted octanol–water partition coefficient (Wildman–Crippen LogP) is 2.50. The second-order valence-corrected chi connectivity index (χ2v) is 4.62. The summed E-state index contributed by atoms with van der Waals surface area (Å²) >= 11 is 0. The van der Waals surface area contributed by atoms with Gasteiger partial charge in [-0.25, -0.2) is 0 Å². The van der Waals surface area contributed by atoms with Gasteiger partial charge in [0.05, 0.1) is 0 Å². The molecule has 0 amide bonds. The predicted molar refractivity (Wildman–Crippen MR) is 53.4 cm³/mol. The van der Waals surface area contributed by atoms with E-state index in [0.717, 1.165) is 13.1 Å². The number of nitrogens with zero attached hydrogens (tertiary/aromatic N) is 2. The van der Waals surface area contributed by atoms with Crippen molar-refractivity contribution in [1.29, 1.82) is 0 Å². The maximum absolute atomic E-state index is 4.46. The van der Waals surface area contributed by atoms with Crippen LogP contribution >= 0.6 is 0 Å². The largest absolute Gasteiger partial charge is 0.297 e. The summed E-state index contributed by atoms with van der Waals surface area (Å²) in [6.45, 7) is 8.83. The van der Waals surface area contributed by atoms with Gasteiger partial charge in [0.1, 0.15) is 0 Å². The molecule has 1 rings (SSSR count). The summed E-state index contributed by atoms with van der Waals surface area (Å²) in [7, 11) is 0. The Labute approximate surface area is 75.6 Å². The normalized spacial score (nSPS) is 20.4. The quantitative estimate of drug-likeness (QED) is 0.549. The fraction of sp³-hybridized carbons (Fsp3) is 0.900. The highest BCUT2D eigenvalue weighted by molar-refractivity contribution is 5.63. The fourth-order valence-corrected chi connectivity index (χ4v) is 1.25. The number of hydrogen-bond donors (Lipinski definition) is 0. The first-order valence-electron chi connectivity index (χ1n) is 4.88. The van der Waals surface area contributed by atoms with Crippen LogP contribution in [0.2, 0.25) is 0 Å². The number of piperidine rings is 1. The zero-order valence-corrected chi connectivity index (χ0v) is 8.51. The Bertz CT molecular complexity index is 150. The molecule has 12 heavy (non-hydrogen) atoms. The van der Waals surface area contributed by atoms with Crippen molar-refractivity contribution in [2.24, 2.45) is 10.5 Å². The van der Waals surface area contributed by atoms with Crippen molar-refractivity contribution in [3.8, 4) is 0 Å². The molecule has 1 heterocycles. The SMILES string of the molecule is CC(C)(C)/C=N/N1CCCCC1. The standard InChI is InChI=1S/C10H20N2/c1-10(2,3)9-11-12-7-5-4-6-8-12/h9H,4-8H2,1-3H3/b11-9+. The van der Waals surface area contributed by atoms with Crippen molar-refractivity contribution in [2.45, 2.75) is 40.0 Å². The van der Waals surface area contributed by atoms with Gasteiger partial charge in [-0.3, -0.25) is 5.01 Å². The Morgan fingerprint density at radius 2 is 1.67 bits per heavy atom. The summed E-state index contributed by atoms with van der Waals surface area (Å²) < 4.78 is 0. The van der Waals surface area contributed by atoms with E-state index in [1.807, 2.05) is 0 Å². The van der Waals surface area contributed by atoms with Gasteiger partial charge in [0.25, 0.3) is 0 Å². The van der Waals surface area contributed by atoms with Crippen molar-refractivity contribution in [2.75, 3.05) is 13.1 Å². The summed E-state index contributed by atoms with van der Waals surface area (Å²) in [5.74, 6) is 0. The molecule has 0 saturated carbocycles. The Hall–Kier alpha value is -0.530. The lowest BCUT2D eigenvalue weighted by molar-refractivity contribution is 0.238. The van der Waals surface area contributed by atoms with Gasteiger partial charge in [-0.1, -0.05) is 20.8 Å². The fourth-order valence-electron chi connectivity index (χ4n) is 1.25. The first-order valence-corrected chi connectivity index (χ1v) is 4.88. The summed E-state index contributed by atoms with van der Waals surface area (Å²) in [4.78, 5) is 0. The molecule has 1 fully saturated rings. The zero-order valence-electron chi connectivity index (χ0n) is 8.51. The van der Waals surface area contributed by atoms with Gasteiger partial charge in [-0.05, 0) is 24.7 Å². The second kappa shape index (κ2) is 3.92. The maximum atomic E-state index is 4.46. The monoisotopic (exact) mass is 168 g/mol. The third kappa shape index (κ3) is 3.74. The highest BCUT2D eigenvalue weighted by atomic mass is 15.4. The highest BCUT2D eigenvalue weighted by Gasteiger charge is 2.09. The van der Waals surface area contributed by atoms with Gasteiger partial charge in [0.15, 0.2) is 0 Å². The molecule has 0 aliphatic carbocycles. The molecule has 0 bridgehead atoms. The molecule has 0 aromatic rings. The van der Waals surface area contributed by atoms with Crippen LogP contribution in [0.5, 0.6) is 0 Å². The molecule has 1 saturated heterocycles. The molecule has 0 aromatic heterocycles. The van der Waals surface area contributed by atoms with E-state index in [1.165, 1.54) is 19.3 Å². The first kappa shape index (κ1) is 9.56. The van der Waals surface area contributed by atoms with Crippen LogP contribution in [0.15, 0.2) is 5.10 Å². The molecule has 0 aromatic carbocycles. The summed E-state index contributed by atoms with van der Waals surface area (Å²) in [6.07, 6.45) is 6.04. The van der Waals surface area contributed by atoms with Crippen LogP contribution in [0.4, 0.5) is 0 Å². The van der Waals surface area contributed by atoms with Crippen molar-refractivity contribution >= 4 is 6.21 Å². The van der Waals surface area contributed by atoms with Crippen molar-refractivity contribution in [3.05, 3.63) is 0 Å². The van der Waals surface area contributed by atoms with Gasteiger partial charge >= 0.3 is 0 Å². The van der Waals surface area contributed by atoms with Gasteiger partial charge in [0.2, 0.25) is 0 Å². The lowest BCUT2D eigenvalue weighted by Gasteiger charge is -2.24. The van der Waals surface area contributed by atoms with Gasteiger partial charge in [-0.15, -0.1) is 0 Å². The zero-order chi connectivity index (χ0) is 9.03. The van der Waals surface area contributed by atoms with E-state index in [4.69, 9.17) is 0 Å². The van der Waals surface area contributed by atoms with Gasteiger partial charge < -0.3 is 0 Å². The minimum Gasteiger partial charge on any atom is -0.297 e. The van der Waals surface area contributed by atoms with Crippen LogP contribution in [0, 0.1) is 5.41 Å². The molecule has 2 heteroatoms. The van der Waals surface area contributed by atoms with Crippen molar-refractivity contribution in [1.82, 2.24) is 5.01 Å². The molecule has 70 valence electrons.